The second kappa shape index (κ2) is 9.15. The molecule has 0 aromatic heterocycles. The summed E-state index contributed by atoms with van der Waals surface area (Å²) in [4.78, 5) is 18.5. The first-order valence-electron chi connectivity index (χ1n) is 8.43. The smallest absolute Gasteiger partial charge is 0.310 e. The van der Waals surface area contributed by atoms with E-state index in [0.717, 1.165) is 36.7 Å². The third kappa shape index (κ3) is 4.88. The molecule has 0 bridgehead atoms. The van der Waals surface area contributed by atoms with Gasteiger partial charge in [0, 0.05) is 26.7 Å². The van der Waals surface area contributed by atoms with Crippen LogP contribution < -0.4 is 10.1 Å². The SMILES string of the molecule is CCOC(=O)C1CCCN(C(=NC)NCc2ccc(OC)cc2)C1. The molecule has 1 heterocycles. The number of benzene rings is 1. The number of hydrogen-bond acceptors (Lipinski definition) is 4. The molecular weight excluding hydrogens is 306 g/mol. The minimum Gasteiger partial charge on any atom is -0.497 e. The molecule has 0 spiro atoms. The van der Waals surface area contributed by atoms with Gasteiger partial charge in [0.25, 0.3) is 0 Å². The van der Waals surface area contributed by atoms with Crippen LogP contribution in [0.25, 0.3) is 0 Å². The minimum absolute atomic E-state index is 0.0711. The van der Waals surface area contributed by atoms with Crippen molar-refractivity contribution < 1.29 is 14.3 Å². The van der Waals surface area contributed by atoms with E-state index in [0.29, 0.717) is 19.7 Å². The first-order valence-corrected chi connectivity index (χ1v) is 8.43. The molecule has 1 saturated heterocycles. The Hall–Kier alpha value is -2.24. The second-order valence-electron chi connectivity index (χ2n) is 5.79. The largest absolute Gasteiger partial charge is 0.497 e. The Morgan fingerprint density at radius 1 is 1.38 bits per heavy atom. The van der Waals surface area contributed by atoms with Crippen LogP contribution in [0.2, 0.25) is 0 Å². The van der Waals surface area contributed by atoms with E-state index >= 15 is 0 Å². The summed E-state index contributed by atoms with van der Waals surface area (Å²) in [6.45, 7) is 4.50. The molecule has 0 aliphatic carbocycles. The van der Waals surface area contributed by atoms with Gasteiger partial charge in [-0.25, -0.2) is 0 Å². The summed E-state index contributed by atoms with van der Waals surface area (Å²) in [6, 6.07) is 7.93. The van der Waals surface area contributed by atoms with E-state index in [1.54, 1.807) is 14.2 Å². The summed E-state index contributed by atoms with van der Waals surface area (Å²) < 4.78 is 10.3. The Morgan fingerprint density at radius 2 is 2.12 bits per heavy atom. The van der Waals surface area contributed by atoms with Gasteiger partial charge in [-0.15, -0.1) is 0 Å². The van der Waals surface area contributed by atoms with E-state index in [1.807, 2.05) is 31.2 Å². The van der Waals surface area contributed by atoms with Crippen LogP contribution in [0.5, 0.6) is 5.75 Å². The first-order chi connectivity index (χ1) is 11.7. The third-order valence-corrected chi connectivity index (χ3v) is 4.16. The first kappa shape index (κ1) is 18.1. The van der Waals surface area contributed by atoms with E-state index in [-0.39, 0.29) is 11.9 Å². The zero-order valence-corrected chi connectivity index (χ0v) is 14.7. The van der Waals surface area contributed by atoms with Crippen molar-refractivity contribution in [2.24, 2.45) is 10.9 Å². The topological polar surface area (TPSA) is 63.2 Å². The number of nitrogens with one attached hydrogen (secondary N) is 1. The van der Waals surface area contributed by atoms with E-state index in [1.165, 1.54) is 0 Å². The maximum atomic E-state index is 12.0. The number of hydrogen-bond donors (Lipinski definition) is 1. The van der Waals surface area contributed by atoms with Crippen molar-refractivity contribution in [3.05, 3.63) is 29.8 Å². The fraction of sp³-hybridized carbons (Fsp3) is 0.556. The normalized spacial score (nSPS) is 18.2. The monoisotopic (exact) mass is 333 g/mol. The van der Waals surface area contributed by atoms with Gasteiger partial charge in [0.05, 0.1) is 19.6 Å². The summed E-state index contributed by atoms with van der Waals surface area (Å²) in [7, 11) is 3.43. The number of rotatable bonds is 5. The van der Waals surface area contributed by atoms with Gasteiger partial charge in [0.1, 0.15) is 5.75 Å². The molecule has 1 unspecified atom stereocenters. The third-order valence-electron chi connectivity index (χ3n) is 4.16. The Balaban J connectivity index is 1.91. The van der Waals surface area contributed by atoms with Gasteiger partial charge < -0.3 is 19.7 Å². The zero-order chi connectivity index (χ0) is 17.4. The number of methoxy groups -OCH3 is 1. The van der Waals surface area contributed by atoms with Crippen molar-refractivity contribution in [3.63, 3.8) is 0 Å². The number of likely N-dealkylation sites (tertiary alicyclic amines) is 1. The lowest BCUT2D eigenvalue weighted by Crippen LogP contribution is -2.48. The van der Waals surface area contributed by atoms with Crippen molar-refractivity contribution in [2.75, 3.05) is 33.9 Å². The van der Waals surface area contributed by atoms with Crippen LogP contribution in [0.15, 0.2) is 29.3 Å². The quantitative estimate of drug-likeness (QED) is 0.508. The van der Waals surface area contributed by atoms with Gasteiger partial charge in [-0.05, 0) is 37.5 Å². The number of ether oxygens (including phenoxy) is 2. The van der Waals surface area contributed by atoms with Crippen molar-refractivity contribution in [1.29, 1.82) is 0 Å². The molecule has 2 rings (SSSR count). The molecule has 1 atom stereocenters. The number of piperidine rings is 1. The molecule has 132 valence electrons. The molecule has 1 aromatic carbocycles. The highest BCUT2D eigenvalue weighted by Crippen LogP contribution is 2.18. The van der Waals surface area contributed by atoms with Crippen LogP contribution >= 0.6 is 0 Å². The van der Waals surface area contributed by atoms with E-state index in [9.17, 15) is 4.79 Å². The van der Waals surface area contributed by atoms with Crippen LogP contribution in [0.3, 0.4) is 0 Å². The Kier molecular flexibility index (Phi) is 6.90. The Morgan fingerprint density at radius 3 is 2.75 bits per heavy atom. The number of esters is 1. The summed E-state index contributed by atoms with van der Waals surface area (Å²) >= 11 is 0. The molecule has 0 amide bonds. The van der Waals surface area contributed by atoms with Gasteiger partial charge in [-0.1, -0.05) is 12.1 Å². The van der Waals surface area contributed by atoms with Crippen molar-refractivity contribution in [2.45, 2.75) is 26.3 Å². The van der Waals surface area contributed by atoms with Crippen molar-refractivity contribution in [1.82, 2.24) is 10.2 Å². The molecule has 1 aliphatic heterocycles. The molecule has 0 saturated carbocycles. The lowest BCUT2D eigenvalue weighted by molar-refractivity contribution is -0.149. The van der Waals surface area contributed by atoms with Gasteiger partial charge in [-0.2, -0.15) is 0 Å². The summed E-state index contributed by atoms with van der Waals surface area (Å²) in [5.74, 6) is 1.49. The Bertz CT molecular complexity index is 557. The van der Waals surface area contributed by atoms with Crippen LogP contribution in [0, 0.1) is 5.92 Å². The van der Waals surface area contributed by atoms with Crippen molar-refractivity contribution >= 4 is 11.9 Å². The van der Waals surface area contributed by atoms with E-state index < -0.39 is 0 Å². The van der Waals surface area contributed by atoms with Crippen LogP contribution in [-0.2, 0) is 16.1 Å². The predicted octanol–water partition coefficient (Wildman–Crippen LogP) is 2.05. The molecule has 6 nitrogen and oxygen atoms in total. The van der Waals surface area contributed by atoms with E-state index in [2.05, 4.69) is 15.2 Å². The lowest BCUT2D eigenvalue weighted by atomic mass is 9.98. The summed E-state index contributed by atoms with van der Waals surface area (Å²) in [6.07, 6.45) is 1.84. The summed E-state index contributed by atoms with van der Waals surface area (Å²) in [5, 5.41) is 3.37. The molecule has 24 heavy (non-hydrogen) atoms. The fourth-order valence-electron chi connectivity index (χ4n) is 2.88. The average Bonchev–Trinajstić information content (AvgIpc) is 2.63. The van der Waals surface area contributed by atoms with Gasteiger partial charge in [0.2, 0.25) is 0 Å². The van der Waals surface area contributed by atoms with Gasteiger partial charge >= 0.3 is 5.97 Å². The second-order valence-corrected chi connectivity index (χ2v) is 5.79. The Labute approximate surface area is 143 Å². The molecule has 6 heteroatoms. The number of carbonyl (C=O) groups is 1. The molecule has 1 N–H and O–H groups in total. The van der Waals surface area contributed by atoms with Gasteiger partial charge in [-0.3, -0.25) is 9.79 Å². The minimum atomic E-state index is -0.104. The number of nitrogens with zero attached hydrogens (tertiary/aromatic N) is 2. The summed E-state index contributed by atoms with van der Waals surface area (Å²) in [5.41, 5.74) is 1.15. The number of aliphatic imine (C=N–C) groups is 1. The van der Waals surface area contributed by atoms with Gasteiger partial charge in [0.15, 0.2) is 5.96 Å². The van der Waals surface area contributed by atoms with Crippen LogP contribution in [0.4, 0.5) is 0 Å². The number of guanidine groups is 1. The maximum absolute atomic E-state index is 12.0. The fourth-order valence-corrected chi connectivity index (χ4v) is 2.88. The lowest BCUT2D eigenvalue weighted by Gasteiger charge is -2.34. The van der Waals surface area contributed by atoms with Crippen molar-refractivity contribution in [3.8, 4) is 5.75 Å². The molecule has 0 radical (unpaired) electrons. The molecule has 1 fully saturated rings. The van der Waals surface area contributed by atoms with Crippen LogP contribution in [0.1, 0.15) is 25.3 Å². The zero-order valence-electron chi connectivity index (χ0n) is 14.7. The molecular formula is C18H27N3O3. The van der Waals surface area contributed by atoms with E-state index in [4.69, 9.17) is 9.47 Å². The average molecular weight is 333 g/mol. The number of carbonyl (C=O) groups excluding carboxylic acids is 1. The highest BCUT2D eigenvalue weighted by Gasteiger charge is 2.28. The maximum Gasteiger partial charge on any atom is 0.310 e. The predicted molar refractivity (Wildman–Crippen MR) is 94.1 cm³/mol. The standard InChI is InChI=1S/C18H27N3O3/c1-4-24-17(22)15-6-5-11-21(13-15)18(19-2)20-12-14-7-9-16(23-3)10-8-14/h7-10,15H,4-6,11-13H2,1-3H3,(H,19,20). The van der Waals surface area contributed by atoms with Crippen LogP contribution in [-0.4, -0.2) is 50.7 Å². The highest BCUT2D eigenvalue weighted by molar-refractivity contribution is 5.81. The highest BCUT2D eigenvalue weighted by atomic mass is 16.5. The molecule has 1 aromatic rings. The molecule has 1 aliphatic rings.